The molecule has 0 bridgehead atoms. The van der Waals surface area contributed by atoms with E-state index >= 15 is 0 Å². The average molecular weight is 335 g/mol. The van der Waals surface area contributed by atoms with Crippen molar-refractivity contribution < 1.29 is 4.79 Å². The van der Waals surface area contributed by atoms with Crippen LogP contribution in [0, 0.1) is 0 Å². The largest absolute Gasteiger partial charge is 0.317 e. The third-order valence-electron chi connectivity index (χ3n) is 4.54. The van der Waals surface area contributed by atoms with Gasteiger partial charge in [0, 0.05) is 22.8 Å². The number of rotatable bonds is 3. The van der Waals surface area contributed by atoms with Gasteiger partial charge in [0.1, 0.15) is 5.70 Å². The molecule has 1 aliphatic heterocycles. The summed E-state index contributed by atoms with van der Waals surface area (Å²) in [5.41, 5.74) is 0.708. The van der Waals surface area contributed by atoms with Crippen LogP contribution in [0.3, 0.4) is 0 Å². The molecule has 2 fully saturated rings. The quantitative estimate of drug-likeness (QED) is 0.615. The first-order chi connectivity index (χ1) is 10.6. The summed E-state index contributed by atoms with van der Waals surface area (Å²) in [6, 6.07) is 4.51. The SMILES string of the molecule is CCc1ccc(C=C2C(=O)N(C3CCCCC3)C(=S)N2C)s1. The van der Waals surface area contributed by atoms with E-state index in [1.165, 1.54) is 24.1 Å². The highest BCUT2D eigenvalue weighted by atomic mass is 32.1. The number of likely N-dealkylation sites (N-methyl/N-ethyl adjacent to an activating group) is 1. The Morgan fingerprint density at radius 2 is 2.05 bits per heavy atom. The predicted octanol–water partition coefficient (Wildman–Crippen LogP) is 4.04. The van der Waals surface area contributed by atoms with Crippen LogP contribution in [-0.2, 0) is 11.2 Å². The Kier molecular flexibility index (Phi) is 4.64. The van der Waals surface area contributed by atoms with Gasteiger partial charge < -0.3 is 4.90 Å². The van der Waals surface area contributed by atoms with Crippen LogP contribution in [0.15, 0.2) is 17.8 Å². The van der Waals surface area contributed by atoms with E-state index in [1.54, 1.807) is 11.3 Å². The molecule has 0 unspecified atom stereocenters. The van der Waals surface area contributed by atoms with Gasteiger partial charge in [0.2, 0.25) is 0 Å². The van der Waals surface area contributed by atoms with Crippen LogP contribution in [-0.4, -0.2) is 33.9 Å². The van der Waals surface area contributed by atoms with Crippen molar-refractivity contribution in [2.24, 2.45) is 0 Å². The van der Waals surface area contributed by atoms with Gasteiger partial charge in [-0.15, -0.1) is 11.3 Å². The minimum atomic E-state index is 0.0749. The molecule has 0 N–H and O–H groups in total. The van der Waals surface area contributed by atoms with E-state index in [-0.39, 0.29) is 11.9 Å². The van der Waals surface area contributed by atoms with Crippen molar-refractivity contribution in [3.63, 3.8) is 0 Å². The van der Waals surface area contributed by atoms with Crippen molar-refractivity contribution in [3.05, 3.63) is 27.6 Å². The van der Waals surface area contributed by atoms with Crippen molar-refractivity contribution >= 4 is 40.7 Å². The summed E-state index contributed by atoms with van der Waals surface area (Å²) < 4.78 is 0. The number of carbonyl (C=O) groups excluding carboxylic acids is 1. The van der Waals surface area contributed by atoms with Crippen molar-refractivity contribution in [2.75, 3.05) is 7.05 Å². The second kappa shape index (κ2) is 6.50. The maximum Gasteiger partial charge on any atom is 0.277 e. The molecule has 0 aromatic carbocycles. The van der Waals surface area contributed by atoms with Crippen LogP contribution in [0.25, 0.3) is 6.08 Å². The molecule has 1 saturated carbocycles. The number of amides is 1. The molecule has 5 heteroatoms. The fraction of sp³-hybridized carbons (Fsp3) is 0.529. The van der Waals surface area contributed by atoms with E-state index in [4.69, 9.17) is 12.2 Å². The number of nitrogens with zero attached hydrogens (tertiary/aromatic N) is 2. The third-order valence-corrected chi connectivity index (χ3v) is 6.19. The van der Waals surface area contributed by atoms with Crippen molar-refractivity contribution in [1.82, 2.24) is 9.80 Å². The zero-order valence-electron chi connectivity index (χ0n) is 13.2. The number of thiocarbonyl (C=S) groups is 1. The smallest absolute Gasteiger partial charge is 0.277 e. The van der Waals surface area contributed by atoms with Crippen LogP contribution < -0.4 is 0 Å². The number of hydrogen-bond acceptors (Lipinski definition) is 3. The van der Waals surface area contributed by atoms with Gasteiger partial charge in [-0.05, 0) is 49.7 Å². The summed E-state index contributed by atoms with van der Waals surface area (Å²) in [5.74, 6) is 0.0749. The van der Waals surface area contributed by atoms with Gasteiger partial charge in [-0.2, -0.15) is 0 Å². The molecule has 1 amide bonds. The molecule has 118 valence electrons. The first-order valence-electron chi connectivity index (χ1n) is 8.03. The van der Waals surface area contributed by atoms with E-state index in [0.29, 0.717) is 10.8 Å². The van der Waals surface area contributed by atoms with Gasteiger partial charge in [0.05, 0.1) is 0 Å². The molecule has 3 rings (SSSR count). The molecule has 2 heterocycles. The maximum absolute atomic E-state index is 12.8. The Morgan fingerprint density at radius 1 is 1.32 bits per heavy atom. The van der Waals surface area contributed by atoms with E-state index in [2.05, 4.69) is 19.1 Å². The Bertz CT molecular complexity index is 614. The zero-order valence-corrected chi connectivity index (χ0v) is 14.8. The molecule has 1 aromatic heterocycles. The van der Waals surface area contributed by atoms with Gasteiger partial charge in [0.15, 0.2) is 5.11 Å². The average Bonchev–Trinajstić information content (AvgIpc) is 3.07. The first kappa shape index (κ1) is 15.7. The van der Waals surface area contributed by atoms with Crippen molar-refractivity contribution in [1.29, 1.82) is 0 Å². The van der Waals surface area contributed by atoms with E-state index in [1.807, 2.05) is 22.9 Å². The van der Waals surface area contributed by atoms with Gasteiger partial charge in [0.25, 0.3) is 5.91 Å². The van der Waals surface area contributed by atoms with Crippen LogP contribution in [0.1, 0.15) is 48.8 Å². The van der Waals surface area contributed by atoms with Crippen LogP contribution in [0.5, 0.6) is 0 Å². The predicted molar refractivity (Wildman–Crippen MR) is 95.8 cm³/mol. The number of carbonyl (C=O) groups is 1. The van der Waals surface area contributed by atoms with Gasteiger partial charge in [-0.25, -0.2) is 0 Å². The van der Waals surface area contributed by atoms with E-state index in [0.717, 1.165) is 24.1 Å². The molecule has 2 aliphatic rings. The lowest BCUT2D eigenvalue weighted by atomic mass is 9.94. The second-order valence-corrected chi connectivity index (χ2v) is 7.56. The molecule has 1 aliphatic carbocycles. The molecular weight excluding hydrogens is 312 g/mol. The Hall–Kier alpha value is -1.20. The second-order valence-electron chi connectivity index (χ2n) is 6.00. The molecule has 1 saturated heterocycles. The molecule has 3 nitrogen and oxygen atoms in total. The van der Waals surface area contributed by atoms with Gasteiger partial charge in [-0.3, -0.25) is 9.69 Å². The molecule has 0 atom stereocenters. The Labute approximate surface area is 141 Å². The normalized spacial score (nSPS) is 22.2. The van der Waals surface area contributed by atoms with Crippen molar-refractivity contribution in [2.45, 2.75) is 51.5 Å². The number of thiophene rings is 1. The summed E-state index contributed by atoms with van der Waals surface area (Å²) in [7, 11) is 1.91. The molecule has 0 spiro atoms. The van der Waals surface area contributed by atoms with Crippen LogP contribution in [0.4, 0.5) is 0 Å². The summed E-state index contributed by atoms with van der Waals surface area (Å²) in [6.45, 7) is 2.15. The maximum atomic E-state index is 12.8. The molecule has 1 aromatic rings. The highest BCUT2D eigenvalue weighted by molar-refractivity contribution is 7.80. The van der Waals surface area contributed by atoms with E-state index in [9.17, 15) is 4.79 Å². The standard InChI is InChI=1S/C17H22N2OS2/c1-3-13-9-10-14(22-13)11-15-16(20)19(17(21)18(15)2)12-7-5-4-6-8-12/h9-12H,3-8H2,1-2H3. The van der Waals surface area contributed by atoms with Crippen molar-refractivity contribution in [3.8, 4) is 0 Å². The minimum absolute atomic E-state index is 0.0749. The van der Waals surface area contributed by atoms with Crippen LogP contribution in [0.2, 0.25) is 0 Å². The summed E-state index contributed by atoms with van der Waals surface area (Å²) in [6.07, 6.45) is 8.84. The lowest BCUT2D eigenvalue weighted by Gasteiger charge is -2.30. The Morgan fingerprint density at radius 3 is 2.68 bits per heavy atom. The van der Waals surface area contributed by atoms with Gasteiger partial charge in [-0.1, -0.05) is 26.2 Å². The molecular formula is C17H22N2OS2. The summed E-state index contributed by atoms with van der Waals surface area (Å²) in [5, 5.41) is 0.662. The highest BCUT2D eigenvalue weighted by Crippen LogP contribution is 2.31. The number of aryl methyl sites for hydroxylation is 1. The zero-order chi connectivity index (χ0) is 15.7. The highest BCUT2D eigenvalue weighted by Gasteiger charge is 2.40. The molecule has 0 radical (unpaired) electrons. The summed E-state index contributed by atoms with van der Waals surface area (Å²) >= 11 is 7.28. The third kappa shape index (κ3) is 2.84. The van der Waals surface area contributed by atoms with E-state index < -0.39 is 0 Å². The monoisotopic (exact) mass is 334 g/mol. The first-order valence-corrected chi connectivity index (χ1v) is 9.26. The lowest BCUT2D eigenvalue weighted by Crippen LogP contribution is -2.41. The van der Waals surface area contributed by atoms with Crippen LogP contribution >= 0.6 is 23.6 Å². The topological polar surface area (TPSA) is 23.6 Å². The fourth-order valence-corrected chi connectivity index (χ4v) is 4.46. The lowest BCUT2D eigenvalue weighted by molar-refractivity contribution is -0.124. The molecule has 22 heavy (non-hydrogen) atoms. The Balaban J connectivity index is 1.86. The summed E-state index contributed by atoms with van der Waals surface area (Å²) in [4.78, 5) is 19.0. The van der Waals surface area contributed by atoms with Gasteiger partial charge >= 0.3 is 0 Å². The number of hydrogen-bond donors (Lipinski definition) is 0. The minimum Gasteiger partial charge on any atom is -0.317 e. The fourth-order valence-electron chi connectivity index (χ4n) is 3.24.